The summed E-state index contributed by atoms with van der Waals surface area (Å²) >= 11 is 0. The fourth-order valence-corrected chi connectivity index (χ4v) is 3.45. The Morgan fingerprint density at radius 2 is 1.87 bits per heavy atom. The van der Waals surface area contributed by atoms with Crippen molar-refractivity contribution in [2.24, 2.45) is 0 Å². The van der Waals surface area contributed by atoms with Gasteiger partial charge in [-0.05, 0) is 28.5 Å². The van der Waals surface area contributed by atoms with Crippen LogP contribution in [0.15, 0.2) is 65.2 Å². The first-order valence-corrected chi connectivity index (χ1v) is 9.72. The molecule has 0 fully saturated rings. The van der Waals surface area contributed by atoms with Crippen molar-refractivity contribution in [3.63, 3.8) is 0 Å². The number of ether oxygens (including phenoxy) is 2. The molecule has 1 aliphatic heterocycles. The van der Waals surface area contributed by atoms with Gasteiger partial charge < -0.3 is 19.3 Å². The van der Waals surface area contributed by atoms with Gasteiger partial charge in [0.1, 0.15) is 0 Å². The molecule has 5 rings (SSSR count). The van der Waals surface area contributed by atoms with Gasteiger partial charge in [-0.3, -0.25) is 4.79 Å². The van der Waals surface area contributed by atoms with Crippen LogP contribution in [-0.2, 0) is 17.8 Å². The van der Waals surface area contributed by atoms with Crippen molar-refractivity contribution in [2.75, 3.05) is 6.79 Å². The molecule has 1 N–H and O–H groups in total. The van der Waals surface area contributed by atoms with E-state index in [1.165, 1.54) is 0 Å². The molecule has 150 valence electrons. The second-order valence-electron chi connectivity index (χ2n) is 7.00. The quantitative estimate of drug-likeness (QED) is 0.528. The lowest BCUT2D eigenvalue weighted by molar-refractivity contribution is -0.121. The molecule has 4 aromatic rings. The summed E-state index contributed by atoms with van der Waals surface area (Å²) in [6, 6.07) is 19.7. The van der Waals surface area contributed by atoms with E-state index in [1.807, 2.05) is 60.7 Å². The van der Waals surface area contributed by atoms with Gasteiger partial charge in [0, 0.05) is 24.9 Å². The summed E-state index contributed by atoms with van der Waals surface area (Å²) in [4.78, 5) is 16.7. The molecule has 1 aliphatic rings. The van der Waals surface area contributed by atoms with Crippen LogP contribution in [0.4, 0.5) is 0 Å². The lowest BCUT2D eigenvalue weighted by Crippen LogP contribution is -2.23. The van der Waals surface area contributed by atoms with Gasteiger partial charge in [-0.25, -0.2) is 0 Å². The van der Waals surface area contributed by atoms with Gasteiger partial charge in [0.05, 0.1) is 0 Å². The summed E-state index contributed by atoms with van der Waals surface area (Å²) in [5.74, 6) is 2.31. The SMILES string of the molecule is O=C(CCc1nc(-c2cccc3ccccc23)no1)NCc1ccc2c(c1)OCO2. The van der Waals surface area contributed by atoms with Crippen LogP contribution >= 0.6 is 0 Å². The van der Waals surface area contributed by atoms with Gasteiger partial charge in [0.15, 0.2) is 11.5 Å². The maximum atomic E-state index is 12.2. The van der Waals surface area contributed by atoms with E-state index in [0.29, 0.717) is 30.4 Å². The fraction of sp³-hybridized carbons (Fsp3) is 0.174. The van der Waals surface area contributed by atoms with E-state index in [0.717, 1.165) is 27.6 Å². The highest BCUT2D eigenvalue weighted by molar-refractivity contribution is 5.94. The summed E-state index contributed by atoms with van der Waals surface area (Å²) in [5, 5.41) is 9.17. The Balaban J connectivity index is 1.19. The Morgan fingerprint density at radius 1 is 1.00 bits per heavy atom. The van der Waals surface area contributed by atoms with Crippen molar-refractivity contribution in [2.45, 2.75) is 19.4 Å². The smallest absolute Gasteiger partial charge is 0.231 e. The number of aryl methyl sites for hydroxylation is 1. The number of aromatic nitrogens is 2. The number of hydrogen-bond donors (Lipinski definition) is 1. The van der Waals surface area contributed by atoms with Crippen LogP contribution in [0.2, 0.25) is 0 Å². The number of nitrogens with one attached hydrogen (secondary N) is 1. The number of nitrogens with zero attached hydrogens (tertiary/aromatic N) is 2. The lowest BCUT2D eigenvalue weighted by Gasteiger charge is -2.05. The number of benzene rings is 3. The first-order chi connectivity index (χ1) is 14.8. The summed E-state index contributed by atoms with van der Waals surface area (Å²) in [7, 11) is 0. The summed E-state index contributed by atoms with van der Waals surface area (Å²) in [6.07, 6.45) is 0.645. The lowest BCUT2D eigenvalue weighted by atomic mass is 10.0. The molecule has 7 heteroatoms. The molecular formula is C23H19N3O4. The monoisotopic (exact) mass is 401 g/mol. The van der Waals surface area contributed by atoms with E-state index in [9.17, 15) is 4.79 Å². The molecule has 0 saturated carbocycles. The van der Waals surface area contributed by atoms with E-state index in [2.05, 4.69) is 15.5 Å². The first-order valence-electron chi connectivity index (χ1n) is 9.72. The van der Waals surface area contributed by atoms with Gasteiger partial charge in [0.25, 0.3) is 0 Å². The van der Waals surface area contributed by atoms with Gasteiger partial charge in [0.2, 0.25) is 24.4 Å². The molecule has 7 nitrogen and oxygen atoms in total. The van der Waals surface area contributed by atoms with Crippen LogP contribution in [0.25, 0.3) is 22.2 Å². The van der Waals surface area contributed by atoms with Gasteiger partial charge >= 0.3 is 0 Å². The molecule has 0 bridgehead atoms. The van der Waals surface area contributed by atoms with Crippen LogP contribution in [0.1, 0.15) is 17.9 Å². The fourth-order valence-electron chi connectivity index (χ4n) is 3.45. The highest BCUT2D eigenvalue weighted by Crippen LogP contribution is 2.32. The van der Waals surface area contributed by atoms with Crippen molar-refractivity contribution >= 4 is 16.7 Å². The highest BCUT2D eigenvalue weighted by atomic mass is 16.7. The van der Waals surface area contributed by atoms with Crippen molar-refractivity contribution in [1.82, 2.24) is 15.5 Å². The predicted octanol–water partition coefficient (Wildman–Crippen LogP) is 3.87. The van der Waals surface area contributed by atoms with Crippen molar-refractivity contribution in [1.29, 1.82) is 0 Å². The standard InChI is InChI=1S/C23H19N3O4/c27-21(24-13-15-8-9-19-20(12-15)29-14-28-19)10-11-22-25-23(26-30-22)18-7-3-5-16-4-1-2-6-17(16)18/h1-9,12H,10-11,13-14H2,(H,24,27). The van der Waals surface area contributed by atoms with Gasteiger partial charge in [-0.1, -0.05) is 53.7 Å². The van der Waals surface area contributed by atoms with Gasteiger partial charge in [-0.2, -0.15) is 4.98 Å². The van der Waals surface area contributed by atoms with Crippen molar-refractivity contribution in [3.8, 4) is 22.9 Å². The minimum absolute atomic E-state index is 0.0856. The molecule has 0 radical (unpaired) electrons. The van der Waals surface area contributed by atoms with Crippen LogP contribution in [-0.4, -0.2) is 22.8 Å². The van der Waals surface area contributed by atoms with Crippen molar-refractivity contribution < 1.29 is 18.8 Å². The third-order valence-electron chi connectivity index (χ3n) is 4.99. The molecule has 30 heavy (non-hydrogen) atoms. The number of rotatable bonds is 6. The molecule has 3 aromatic carbocycles. The molecule has 0 saturated heterocycles. The average molecular weight is 401 g/mol. The minimum atomic E-state index is -0.0856. The predicted molar refractivity (Wildman–Crippen MR) is 110 cm³/mol. The number of hydrogen-bond acceptors (Lipinski definition) is 6. The van der Waals surface area contributed by atoms with Crippen LogP contribution in [0.5, 0.6) is 11.5 Å². The number of carbonyl (C=O) groups excluding carboxylic acids is 1. The van der Waals surface area contributed by atoms with Crippen LogP contribution < -0.4 is 14.8 Å². The zero-order valence-corrected chi connectivity index (χ0v) is 16.1. The zero-order chi connectivity index (χ0) is 20.3. The summed E-state index contributed by atoms with van der Waals surface area (Å²) in [5.41, 5.74) is 1.86. The van der Waals surface area contributed by atoms with E-state index < -0.39 is 0 Å². The Kier molecular flexibility index (Phi) is 4.77. The summed E-state index contributed by atoms with van der Waals surface area (Å²) < 4.78 is 16.0. The topological polar surface area (TPSA) is 86.5 Å². The van der Waals surface area contributed by atoms with E-state index in [1.54, 1.807) is 0 Å². The molecule has 1 amide bonds. The second kappa shape index (κ2) is 7.87. The highest BCUT2D eigenvalue weighted by Gasteiger charge is 2.15. The van der Waals surface area contributed by atoms with E-state index >= 15 is 0 Å². The normalized spacial score (nSPS) is 12.3. The molecule has 1 aromatic heterocycles. The van der Waals surface area contributed by atoms with Crippen molar-refractivity contribution in [3.05, 3.63) is 72.1 Å². The van der Waals surface area contributed by atoms with Gasteiger partial charge in [-0.15, -0.1) is 0 Å². The number of fused-ring (bicyclic) bond motifs is 2. The minimum Gasteiger partial charge on any atom is -0.454 e. The third-order valence-corrected chi connectivity index (χ3v) is 4.99. The number of carbonyl (C=O) groups is 1. The molecule has 0 unspecified atom stereocenters. The third kappa shape index (κ3) is 3.69. The molecule has 0 atom stereocenters. The van der Waals surface area contributed by atoms with Crippen LogP contribution in [0, 0.1) is 0 Å². The first kappa shape index (κ1) is 18.2. The molecule has 0 aliphatic carbocycles. The maximum Gasteiger partial charge on any atom is 0.231 e. The van der Waals surface area contributed by atoms with E-state index in [-0.39, 0.29) is 19.1 Å². The largest absolute Gasteiger partial charge is 0.454 e. The summed E-state index contributed by atoms with van der Waals surface area (Å²) in [6.45, 7) is 0.649. The zero-order valence-electron chi connectivity index (χ0n) is 16.1. The Bertz CT molecular complexity index is 1210. The Labute approximate surface area is 172 Å². The van der Waals surface area contributed by atoms with Crippen LogP contribution in [0.3, 0.4) is 0 Å². The Morgan fingerprint density at radius 3 is 2.83 bits per heavy atom. The second-order valence-corrected chi connectivity index (χ2v) is 7.00. The Hall–Kier alpha value is -3.87. The molecule has 0 spiro atoms. The average Bonchev–Trinajstić information content (AvgIpc) is 3.45. The molecule has 2 heterocycles. The number of amides is 1. The maximum absolute atomic E-state index is 12.2. The molecular weight excluding hydrogens is 382 g/mol. The van der Waals surface area contributed by atoms with E-state index in [4.69, 9.17) is 14.0 Å².